The van der Waals surface area contributed by atoms with Gasteiger partial charge in [0, 0.05) is 25.9 Å². The van der Waals surface area contributed by atoms with Crippen molar-refractivity contribution in [1.82, 2.24) is 4.90 Å². The standard InChI is InChI=1S/C9H20N2O3S/c1-15(12,13)6-2-3-11-4-5-14-9(7-10)8-11/h9H,2-8,10H2,1H3. The number of sulfone groups is 1. The number of nitrogens with two attached hydrogens (primary N) is 1. The van der Waals surface area contributed by atoms with E-state index in [2.05, 4.69) is 4.90 Å². The molecule has 15 heavy (non-hydrogen) atoms. The van der Waals surface area contributed by atoms with Crippen molar-refractivity contribution in [2.45, 2.75) is 12.5 Å². The Kier molecular flexibility index (Phi) is 4.98. The molecule has 1 rings (SSSR count). The Bertz CT molecular complexity index is 279. The van der Waals surface area contributed by atoms with Crippen LogP contribution < -0.4 is 5.73 Å². The lowest BCUT2D eigenvalue weighted by atomic mass is 10.2. The lowest BCUT2D eigenvalue weighted by molar-refractivity contribution is -0.0228. The SMILES string of the molecule is CS(=O)(=O)CCCN1CCOC(CN)C1. The van der Waals surface area contributed by atoms with E-state index >= 15 is 0 Å². The number of ether oxygens (including phenoxy) is 1. The first-order valence-corrected chi connectivity index (χ1v) is 7.29. The Balaban J connectivity index is 2.21. The third kappa shape index (κ3) is 5.46. The molecule has 1 aliphatic heterocycles. The maximum Gasteiger partial charge on any atom is 0.147 e. The van der Waals surface area contributed by atoms with Crippen LogP contribution in [0.1, 0.15) is 6.42 Å². The monoisotopic (exact) mass is 236 g/mol. The molecule has 0 spiro atoms. The van der Waals surface area contributed by atoms with E-state index in [4.69, 9.17) is 10.5 Å². The van der Waals surface area contributed by atoms with Gasteiger partial charge < -0.3 is 10.5 Å². The highest BCUT2D eigenvalue weighted by molar-refractivity contribution is 7.90. The van der Waals surface area contributed by atoms with E-state index in [-0.39, 0.29) is 11.9 Å². The van der Waals surface area contributed by atoms with E-state index in [1.54, 1.807) is 0 Å². The normalized spacial score (nSPS) is 24.3. The van der Waals surface area contributed by atoms with Gasteiger partial charge in [0.1, 0.15) is 9.84 Å². The Labute approximate surface area is 91.5 Å². The fourth-order valence-electron chi connectivity index (χ4n) is 1.68. The molecule has 1 unspecified atom stereocenters. The number of morpholine rings is 1. The molecule has 0 radical (unpaired) electrons. The van der Waals surface area contributed by atoms with Gasteiger partial charge in [-0.25, -0.2) is 8.42 Å². The van der Waals surface area contributed by atoms with Crippen LogP contribution in [0.15, 0.2) is 0 Å². The van der Waals surface area contributed by atoms with Gasteiger partial charge >= 0.3 is 0 Å². The molecule has 1 atom stereocenters. The zero-order valence-electron chi connectivity index (χ0n) is 9.18. The highest BCUT2D eigenvalue weighted by Gasteiger charge is 2.18. The maximum absolute atomic E-state index is 10.9. The summed E-state index contributed by atoms with van der Waals surface area (Å²) in [7, 11) is -2.83. The van der Waals surface area contributed by atoms with Gasteiger partial charge in [-0.05, 0) is 13.0 Å². The van der Waals surface area contributed by atoms with Gasteiger partial charge in [0.05, 0.1) is 18.5 Å². The molecular weight excluding hydrogens is 216 g/mol. The summed E-state index contributed by atoms with van der Waals surface area (Å²) in [5.74, 6) is 0.262. The van der Waals surface area contributed by atoms with E-state index < -0.39 is 9.84 Å². The molecule has 1 saturated heterocycles. The first-order chi connectivity index (χ1) is 7.01. The summed E-state index contributed by atoms with van der Waals surface area (Å²) < 4.78 is 27.3. The molecule has 0 aliphatic carbocycles. The summed E-state index contributed by atoms with van der Waals surface area (Å²) in [6.45, 7) is 3.73. The van der Waals surface area contributed by atoms with Crippen molar-refractivity contribution < 1.29 is 13.2 Å². The molecule has 6 heteroatoms. The average molecular weight is 236 g/mol. The third-order valence-electron chi connectivity index (χ3n) is 2.48. The topological polar surface area (TPSA) is 72.6 Å². The number of hydrogen-bond donors (Lipinski definition) is 1. The summed E-state index contributed by atoms with van der Waals surface area (Å²) in [6, 6.07) is 0. The minimum Gasteiger partial charge on any atom is -0.374 e. The zero-order valence-corrected chi connectivity index (χ0v) is 10.0. The van der Waals surface area contributed by atoms with E-state index in [9.17, 15) is 8.42 Å². The van der Waals surface area contributed by atoms with Crippen LogP contribution in [-0.2, 0) is 14.6 Å². The maximum atomic E-state index is 10.9. The van der Waals surface area contributed by atoms with Crippen molar-refractivity contribution in [3.63, 3.8) is 0 Å². The first-order valence-electron chi connectivity index (χ1n) is 5.23. The summed E-state index contributed by atoms with van der Waals surface area (Å²) in [5, 5.41) is 0. The van der Waals surface area contributed by atoms with Crippen LogP contribution in [0, 0.1) is 0 Å². The van der Waals surface area contributed by atoms with Gasteiger partial charge in [-0.1, -0.05) is 0 Å². The molecule has 1 aliphatic rings. The summed E-state index contributed by atoms with van der Waals surface area (Å²) in [6.07, 6.45) is 2.07. The van der Waals surface area contributed by atoms with Crippen molar-refractivity contribution >= 4 is 9.84 Å². The summed E-state index contributed by atoms with van der Waals surface area (Å²) >= 11 is 0. The summed E-state index contributed by atoms with van der Waals surface area (Å²) in [5.41, 5.74) is 5.52. The average Bonchev–Trinajstić information content (AvgIpc) is 2.16. The minimum absolute atomic E-state index is 0.108. The van der Waals surface area contributed by atoms with E-state index in [1.807, 2.05) is 0 Å². The highest BCUT2D eigenvalue weighted by Crippen LogP contribution is 2.04. The van der Waals surface area contributed by atoms with Crippen LogP contribution in [0.4, 0.5) is 0 Å². The molecule has 0 amide bonds. The van der Waals surface area contributed by atoms with Crippen molar-refractivity contribution in [1.29, 1.82) is 0 Å². The summed E-state index contributed by atoms with van der Waals surface area (Å²) in [4.78, 5) is 2.21. The Morgan fingerprint density at radius 1 is 1.53 bits per heavy atom. The van der Waals surface area contributed by atoms with Gasteiger partial charge in [0.15, 0.2) is 0 Å². The second-order valence-corrected chi connectivity index (χ2v) is 6.27. The molecule has 5 nitrogen and oxygen atoms in total. The van der Waals surface area contributed by atoms with Gasteiger partial charge in [0.25, 0.3) is 0 Å². The molecule has 2 N–H and O–H groups in total. The lowest BCUT2D eigenvalue weighted by Crippen LogP contribution is -2.46. The van der Waals surface area contributed by atoms with E-state index in [0.717, 1.165) is 19.6 Å². The van der Waals surface area contributed by atoms with E-state index in [1.165, 1.54) is 6.26 Å². The van der Waals surface area contributed by atoms with Crippen molar-refractivity contribution in [3.05, 3.63) is 0 Å². The van der Waals surface area contributed by atoms with Crippen LogP contribution >= 0.6 is 0 Å². The molecule has 0 aromatic carbocycles. The number of hydrogen-bond acceptors (Lipinski definition) is 5. The van der Waals surface area contributed by atoms with Gasteiger partial charge in [0.2, 0.25) is 0 Å². The fraction of sp³-hybridized carbons (Fsp3) is 1.00. The molecule has 0 aromatic rings. The molecule has 0 aromatic heterocycles. The number of rotatable bonds is 5. The lowest BCUT2D eigenvalue weighted by Gasteiger charge is -2.32. The van der Waals surface area contributed by atoms with Crippen LogP contribution in [0.25, 0.3) is 0 Å². The molecule has 0 saturated carbocycles. The Morgan fingerprint density at radius 2 is 2.27 bits per heavy atom. The predicted octanol–water partition coefficient (Wildman–Crippen LogP) is -0.919. The molecule has 1 fully saturated rings. The van der Waals surface area contributed by atoms with Crippen LogP contribution in [-0.4, -0.2) is 64.2 Å². The van der Waals surface area contributed by atoms with Crippen LogP contribution in [0.5, 0.6) is 0 Å². The van der Waals surface area contributed by atoms with Crippen molar-refractivity contribution in [2.24, 2.45) is 5.73 Å². The molecule has 1 heterocycles. The van der Waals surface area contributed by atoms with Crippen LogP contribution in [0.2, 0.25) is 0 Å². The fourth-order valence-corrected chi connectivity index (χ4v) is 2.33. The largest absolute Gasteiger partial charge is 0.374 e. The number of nitrogens with zero attached hydrogens (tertiary/aromatic N) is 1. The second-order valence-electron chi connectivity index (χ2n) is 4.01. The second kappa shape index (κ2) is 5.79. The predicted molar refractivity (Wildman–Crippen MR) is 59.6 cm³/mol. The van der Waals surface area contributed by atoms with E-state index in [0.29, 0.717) is 19.6 Å². The van der Waals surface area contributed by atoms with Gasteiger partial charge in [-0.15, -0.1) is 0 Å². The van der Waals surface area contributed by atoms with Crippen molar-refractivity contribution in [3.8, 4) is 0 Å². The molecule has 0 bridgehead atoms. The van der Waals surface area contributed by atoms with Gasteiger partial charge in [-0.3, -0.25) is 4.90 Å². The Morgan fingerprint density at radius 3 is 2.87 bits per heavy atom. The zero-order chi connectivity index (χ0) is 11.3. The van der Waals surface area contributed by atoms with Crippen molar-refractivity contribution in [2.75, 3.05) is 44.8 Å². The third-order valence-corrected chi connectivity index (χ3v) is 3.51. The first kappa shape index (κ1) is 12.9. The van der Waals surface area contributed by atoms with Crippen LogP contribution in [0.3, 0.4) is 0 Å². The molecular formula is C9H20N2O3S. The minimum atomic E-state index is -2.83. The quantitative estimate of drug-likeness (QED) is 0.668. The van der Waals surface area contributed by atoms with Gasteiger partial charge in [-0.2, -0.15) is 0 Å². The Hall–Kier alpha value is -0.170. The molecule has 90 valence electrons. The highest BCUT2D eigenvalue weighted by atomic mass is 32.2. The smallest absolute Gasteiger partial charge is 0.147 e.